The van der Waals surface area contributed by atoms with Crippen LogP contribution >= 0.6 is 12.4 Å². The maximum absolute atomic E-state index is 12.5. The molecule has 0 saturated heterocycles. The molecule has 4 atom stereocenters. The molecule has 1 aliphatic carbocycles. The van der Waals surface area contributed by atoms with E-state index in [9.17, 15) is 9.59 Å². The number of Topliss-reactive ketones (excluding diaryl/α,β-unsaturated/α-hetero) is 1. The first-order chi connectivity index (χ1) is 10.6. The maximum Gasteiger partial charge on any atom is 0.322 e. The molecule has 0 amide bonds. The van der Waals surface area contributed by atoms with Crippen LogP contribution in [-0.2, 0) is 19.1 Å². The minimum Gasteiger partial charge on any atom is -0.496 e. The highest BCUT2D eigenvalue weighted by atomic mass is 35.5. The molecule has 0 spiro atoms. The first kappa shape index (κ1) is 17.5. The third-order valence-corrected chi connectivity index (χ3v) is 4.07. The number of carbonyl (C=O) groups excluding carboxylic acids is 2. The Morgan fingerprint density at radius 1 is 1.48 bits per heavy atom. The van der Waals surface area contributed by atoms with E-state index >= 15 is 0 Å². The number of nitrogens with two attached hydrogens (primary N) is 1. The normalized spacial score (nSPS) is 27.8. The number of hydrogen-bond donors (Lipinski definition) is 1. The second-order valence-electron chi connectivity index (χ2n) is 5.72. The van der Waals surface area contributed by atoms with Crippen molar-refractivity contribution in [2.24, 2.45) is 11.7 Å². The molecular weight excluding hydrogens is 324 g/mol. The Bertz CT molecular complexity index is 599. The lowest BCUT2D eigenvalue weighted by atomic mass is 9.78. The molecule has 126 valence electrons. The van der Waals surface area contributed by atoms with Gasteiger partial charge in [0.1, 0.15) is 30.2 Å². The van der Waals surface area contributed by atoms with E-state index in [4.69, 9.17) is 19.7 Å². The minimum atomic E-state index is -0.648. The molecule has 23 heavy (non-hydrogen) atoms. The molecule has 2 heterocycles. The Hall–Kier alpha value is -1.86. The fourth-order valence-corrected chi connectivity index (χ4v) is 2.87. The number of nitrogens with zero attached hydrogens (tertiary/aromatic N) is 1. The summed E-state index contributed by atoms with van der Waals surface area (Å²) in [5.74, 6) is -0.659. The number of allylic oxidation sites excluding steroid dienone is 1. The third-order valence-electron chi connectivity index (χ3n) is 4.07. The summed E-state index contributed by atoms with van der Waals surface area (Å²) in [6.45, 7) is 1.58. The standard InChI is InChI=1S/C15H18N2O5.ClH/c1-8(16)15(19)22-9-2-3-10-13(6-9)20-7-11(14(10)18)12-4-5-21-17-12;/h4-5,7-10,13H,2-3,6,16H2,1H3;1H. The van der Waals surface area contributed by atoms with Crippen molar-refractivity contribution in [1.29, 1.82) is 0 Å². The number of hydrogen-bond acceptors (Lipinski definition) is 7. The zero-order valence-corrected chi connectivity index (χ0v) is 13.5. The van der Waals surface area contributed by atoms with E-state index in [-0.39, 0.29) is 36.3 Å². The molecular formula is C15H19ClN2O5. The predicted octanol–water partition coefficient (Wildman–Crippen LogP) is 1.46. The van der Waals surface area contributed by atoms with Gasteiger partial charge in [-0.25, -0.2) is 0 Å². The van der Waals surface area contributed by atoms with Gasteiger partial charge in [0.2, 0.25) is 0 Å². The van der Waals surface area contributed by atoms with Crippen LogP contribution in [0.5, 0.6) is 0 Å². The summed E-state index contributed by atoms with van der Waals surface area (Å²) < 4.78 is 15.8. The third kappa shape index (κ3) is 3.56. The van der Waals surface area contributed by atoms with Crippen LogP contribution in [0.15, 0.2) is 23.1 Å². The first-order valence-corrected chi connectivity index (χ1v) is 7.33. The van der Waals surface area contributed by atoms with E-state index in [1.807, 2.05) is 0 Å². The quantitative estimate of drug-likeness (QED) is 0.829. The molecule has 1 aromatic heterocycles. The average molecular weight is 343 g/mol. The van der Waals surface area contributed by atoms with Crippen LogP contribution in [0.2, 0.25) is 0 Å². The average Bonchev–Trinajstić information content (AvgIpc) is 3.01. The van der Waals surface area contributed by atoms with E-state index in [1.165, 1.54) is 12.5 Å². The van der Waals surface area contributed by atoms with Crippen LogP contribution in [0, 0.1) is 5.92 Å². The highest BCUT2D eigenvalue weighted by Crippen LogP contribution is 2.36. The lowest BCUT2D eigenvalue weighted by Gasteiger charge is -2.37. The van der Waals surface area contributed by atoms with Crippen molar-refractivity contribution >= 4 is 29.7 Å². The molecule has 0 aromatic carbocycles. The van der Waals surface area contributed by atoms with Gasteiger partial charge in [-0.2, -0.15) is 0 Å². The van der Waals surface area contributed by atoms with Crippen LogP contribution in [0.3, 0.4) is 0 Å². The lowest BCUT2D eigenvalue weighted by molar-refractivity contribution is -0.155. The molecule has 8 heteroatoms. The summed E-state index contributed by atoms with van der Waals surface area (Å²) in [6.07, 6.45) is 4.04. The maximum atomic E-state index is 12.5. The zero-order chi connectivity index (χ0) is 15.7. The van der Waals surface area contributed by atoms with Gasteiger partial charge in [0.05, 0.1) is 17.8 Å². The summed E-state index contributed by atoms with van der Waals surface area (Å²) in [5, 5.41) is 3.77. The van der Waals surface area contributed by atoms with E-state index in [1.54, 1.807) is 13.0 Å². The summed E-state index contributed by atoms with van der Waals surface area (Å²) >= 11 is 0. The molecule has 0 radical (unpaired) electrons. The van der Waals surface area contributed by atoms with Crippen LogP contribution in [-0.4, -0.2) is 35.2 Å². The van der Waals surface area contributed by atoms with Crippen LogP contribution in [0.4, 0.5) is 0 Å². The van der Waals surface area contributed by atoms with Gasteiger partial charge < -0.3 is 19.7 Å². The van der Waals surface area contributed by atoms with E-state index in [0.717, 1.165) is 0 Å². The second-order valence-corrected chi connectivity index (χ2v) is 5.72. The van der Waals surface area contributed by atoms with Gasteiger partial charge in [0.15, 0.2) is 5.78 Å². The number of fused-ring (bicyclic) bond motifs is 1. The van der Waals surface area contributed by atoms with Crippen LogP contribution < -0.4 is 5.73 Å². The van der Waals surface area contributed by atoms with Crippen LogP contribution in [0.25, 0.3) is 5.57 Å². The van der Waals surface area contributed by atoms with E-state index in [0.29, 0.717) is 30.5 Å². The van der Waals surface area contributed by atoms with Crippen molar-refractivity contribution in [1.82, 2.24) is 5.16 Å². The number of aromatic nitrogens is 1. The van der Waals surface area contributed by atoms with E-state index < -0.39 is 12.0 Å². The summed E-state index contributed by atoms with van der Waals surface area (Å²) in [5.41, 5.74) is 6.41. The summed E-state index contributed by atoms with van der Waals surface area (Å²) in [7, 11) is 0. The highest BCUT2D eigenvalue weighted by Gasteiger charge is 2.42. The number of rotatable bonds is 3. The van der Waals surface area contributed by atoms with Gasteiger partial charge in [0.25, 0.3) is 0 Å². The van der Waals surface area contributed by atoms with Crippen molar-refractivity contribution < 1.29 is 23.6 Å². The molecule has 2 aliphatic rings. The predicted molar refractivity (Wildman–Crippen MR) is 82.5 cm³/mol. The van der Waals surface area contributed by atoms with Crippen molar-refractivity contribution in [3.8, 4) is 0 Å². The largest absolute Gasteiger partial charge is 0.496 e. The fourth-order valence-electron chi connectivity index (χ4n) is 2.87. The number of halogens is 1. The van der Waals surface area contributed by atoms with Crippen molar-refractivity contribution in [3.63, 3.8) is 0 Å². The monoisotopic (exact) mass is 342 g/mol. The van der Waals surface area contributed by atoms with Gasteiger partial charge in [-0.3, -0.25) is 9.59 Å². The second kappa shape index (κ2) is 7.14. The Morgan fingerprint density at radius 3 is 2.91 bits per heavy atom. The molecule has 0 bridgehead atoms. The van der Waals surface area contributed by atoms with Crippen molar-refractivity contribution in [2.75, 3.05) is 0 Å². The van der Waals surface area contributed by atoms with Gasteiger partial charge in [-0.05, 0) is 19.8 Å². The smallest absolute Gasteiger partial charge is 0.322 e. The molecule has 3 rings (SSSR count). The molecule has 7 nitrogen and oxygen atoms in total. The van der Waals surface area contributed by atoms with Crippen molar-refractivity contribution in [2.45, 2.75) is 44.4 Å². The molecule has 1 fully saturated rings. The molecule has 4 unspecified atom stereocenters. The van der Waals surface area contributed by atoms with Crippen molar-refractivity contribution in [3.05, 3.63) is 24.3 Å². The number of esters is 1. The molecule has 1 aliphatic heterocycles. The summed E-state index contributed by atoms with van der Waals surface area (Å²) in [4.78, 5) is 24.1. The Balaban J connectivity index is 0.00000192. The topological polar surface area (TPSA) is 105 Å². The molecule has 1 aromatic rings. The van der Waals surface area contributed by atoms with E-state index in [2.05, 4.69) is 5.16 Å². The van der Waals surface area contributed by atoms with Gasteiger partial charge in [-0.15, -0.1) is 12.4 Å². The number of carbonyl (C=O) groups is 2. The summed E-state index contributed by atoms with van der Waals surface area (Å²) in [6, 6.07) is 0.981. The SMILES string of the molecule is CC(N)C(=O)OC1CCC2C(=O)C(c3ccon3)=COC2C1.Cl. The zero-order valence-electron chi connectivity index (χ0n) is 12.6. The minimum absolute atomic E-state index is 0. The highest BCUT2D eigenvalue weighted by molar-refractivity contribution is 6.21. The fraction of sp³-hybridized carbons (Fsp3) is 0.533. The van der Waals surface area contributed by atoms with Gasteiger partial charge in [-0.1, -0.05) is 5.16 Å². The first-order valence-electron chi connectivity index (χ1n) is 7.33. The Labute approximate surface area is 139 Å². The number of ketones is 1. The van der Waals surface area contributed by atoms with Crippen LogP contribution in [0.1, 0.15) is 31.9 Å². The van der Waals surface area contributed by atoms with Gasteiger partial charge >= 0.3 is 5.97 Å². The Kier molecular flexibility index (Phi) is 5.43. The lowest BCUT2D eigenvalue weighted by Crippen LogP contribution is -2.43. The van der Waals surface area contributed by atoms with Gasteiger partial charge in [0, 0.05) is 12.5 Å². The number of ether oxygens (including phenoxy) is 2. The molecule has 1 saturated carbocycles. The molecule has 2 N–H and O–H groups in total. The Morgan fingerprint density at radius 2 is 2.26 bits per heavy atom.